The van der Waals surface area contributed by atoms with Gasteiger partial charge in [-0.15, -0.1) is 16.4 Å². The summed E-state index contributed by atoms with van der Waals surface area (Å²) in [5.41, 5.74) is 2.69. The molecule has 7 heteroatoms. The molecular weight excluding hydrogens is 250 g/mol. The minimum atomic E-state index is -0.0304. The number of benzene rings is 1. The molecule has 3 aromatic rings. The van der Waals surface area contributed by atoms with Crippen molar-refractivity contribution in [3.63, 3.8) is 0 Å². The van der Waals surface area contributed by atoms with Gasteiger partial charge in [0.15, 0.2) is 0 Å². The first-order chi connectivity index (χ1) is 8.86. The van der Waals surface area contributed by atoms with Gasteiger partial charge in [0.2, 0.25) is 0 Å². The van der Waals surface area contributed by atoms with Gasteiger partial charge in [0.25, 0.3) is 0 Å². The minimum absolute atomic E-state index is 0.0304. The molecule has 2 heterocycles. The van der Waals surface area contributed by atoms with E-state index in [9.17, 15) is 0 Å². The Hall–Kier alpha value is -2.12. The Bertz CT molecular complexity index is 649. The van der Waals surface area contributed by atoms with Crippen molar-refractivity contribution in [2.75, 3.05) is 0 Å². The Kier molecular flexibility index (Phi) is 2.83. The summed E-state index contributed by atoms with van der Waals surface area (Å²) in [7, 11) is 0. The molecule has 0 radical (unpaired) electrons. The van der Waals surface area contributed by atoms with Gasteiger partial charge in [0, 0.05) is 10.9 Å². The summed E-state index contributed by atoms with van der Waals surface area (Å²) in [5, 5.41) is 22.7. The molecule has 1 N–H and O–H groups in total. The molecule has 2 aromatic heterocycles. The molecular formula is C11H9N5OS. The lowest BCUT2D eigenvalue weighted by Crippen LogP contribution is -1.95. The van der Waals surface area contributed by atoms with Gasteiger partial charge in [-0.2, -0.15) is 0 Å². The second kappa shape index (κ2) is 4.63. The van der Waals surface area contributed by atoms with Gasteiger partial charge in [-0.25, -0.2) is 9.67 Å². The van der Waals surface area contributed by atoms with Crippen molar-refractivity contribution in [1.82, 2.24) is 25.2 Å². The third kappa shape index (κ3) is 2.01. The zero-order valence-electron chi connectivity index (χ0n) is 9.26. The van der Waals surface area contributed by atoms with Gasteiger partial charge in [0.1, 0.15) is 11.3 Å². The number of hydrogen-bond donors (Lipinski definition) is 1. The quantitative estimate of drug-likeness (QED) is 0.766. The number of aliphatic hydroxyl groups excluding tert-OH is 1. The molecule has 0 spiro atoms. The van der Waals surface area contributed by atoms with Gasteiger partial charge in [0.05, 0.1) is 18.0 Å². The van der Waals surface area contributed by atoms with E-state index in [1.165, 1.54) is 11.3 Å². The standard InChI is InChI=1S/C11H9N5OS/c17-5-11-13-10(6-18-11)8-2-1-3-9(4-8)16-7-12-14-15-16/h1-4,6-7,17H,5H2. The molecule has 0 amide bonds. The van der Waals surface area contributed by atoms with E-state index in [0.717, 1.165) is 16.9 Å². The molecule has 6 nitrogen and oxygen atoms in total. The molecule has 0 aliphatic rings. The average molecular weight is 259 g/mol. The summed E-state index contributed by atoms with van der Waals surface area (Å²) < 4.78 is 1.59. The van der Waals surface area contributed by atoms with Crippen LogP contribution in [-0.4, -0.2) is 30.3 Å². The van der Waals surface area contributed by atoms with E-state index < -0.39 is 0 Å². The fourth-order valence-corrected chi connectivity index (χ4v) is 2.27. The molecule has 0 unspecified atom stereocenters. The molecule has 0 bridgehead atoms. The van der Waals surface area contributed by atoms with Crippen LogP contribution >= 0.6 is 11.3 Å². The Morgan fingerprint density at radius 2 is 2.28 bits per heavy atom. The van der Waals surface area contributed by atoms with Crippen molar-refractivity contribution >= 4 is 11.3 Å². The first kappa shape index (κ1) is 11.0. The molecule has 1 aromatic carbocycles. The van der Waals surface area contributed by atoms with E-state index >= 15 is 0 Å². The molecule has 3 rings (SSSR count). The normalized spacial score (nSPS) is 10.7. The topological polar surface area (TPSA) is 76.7 Å². The zero-order valence-corrected chi connectivity index (χ0v) is 10.1. The first-order valence-electron chi connectivity index (χ1n) is 5.26. The zero-order chi connectivity index (χ0) is 12.4. The van der Waals surface area contributed by atoms with Crippen LogP contribution in [0.25, 0.3) is 16.9 Å². The maximum Gasteiger partial charge on any atom is 0.143 e. The number of tetrazole rings is 1. The molecule has 0 fully saturated rings. The highest BCUT2D eigenvalue weighted by atomic mass is 32.1. The smallest absolute Gasteiger partial charge is 0.143 e. The van der Waals surface area contributed by atoms with Crippen LogP contribution in [0.4, 0.5) is 0 Å². The predicted octanol–water partition coefficient (Wildman–Crippen LogP) is 1.28. The largest absolute Gasteiger partial charge is 0.389 e. The summed E-state index contributed by atoms with van der Waals surface area (Å²) in [4.78, 5) is 4.33. The molecule has 0 aliphatic carbocycles. The monoisotopic (exact) mass is 259 g/mol. The predicted molar refractivity (Wildman–Crippen MR) is 66.2 cm³/mol. The molecule has 18 heavy (non-hydrogen) atoms. The lowest BCUT2D eigenvalue weighted by Gasteiger charge is -2.01. The third-order valence-electron chi connectivity index (χ3n) is 2.44. The van der Waals surface area contributed by atoms with E-state index in [0.29, 0.717) is 5.01 Å². The molecule has 0 atom stereocenters. The maximum atomic E-state index is 9.02. The van der Waals surface area contributed by atoms with E-state index in [2.05, 4.69) is 20.5 Å². The molecule has 90 valence electrons. The Morgan fingerprint density at radius 1 is 1.33 bits per heavy atom. The highest BCUT2D eigenvalue weighted by Crippen LogP contribution is 2.23. The number of thiazole rings is 1. The highest BCUT2D eigenvalue weighted by molar-refractivity contribution is 7.09. The lowest BCUT2D eigenvalue weighted by atomic mass is 10.1. The lowest BCUT2D eigenvalue weighted by molar-refractivity contribution is 0.281. The number of aromatic nitrogens is 5. The SMILES string of the molecule is OCc1nc(-c2cccc(-n3cnnn3)c2)cs1. The molecule has 0 aliphatic heterocycles. The fraction of sp³-hybridized carbons (Fsp3) is 0.0909. The van der Waals surface area contributed by atoms with Crippen molar-refractivity contribution in [3.8, 4) is 16.9 Å². The number of hydrogen-bond acceptors (Lipinski definition) is 6. The highest BCUT2D eigenvalue weighted by Gasteiger charge is 2.05. The maximum absolute atomic E-state index is 9.02. The van der Waals surface area contributed by atoms with Crippen molar-refractivity contribution < 1.29 is 5.11 Å². The second-order valence-corrected chi connectivity index (χ2v) is 4.53. The van der Waals surface area contributed by atoms with Gasteiger partial charge < -0.3 is 5.11 Å². The van der Waals surface area contributed by atoms with Crippen LogP contribution in [-0.2, 0) is 6.61 Å². The Balaban J connectivity index is 2.00. The van der Waals surface area contributed by atoms with Crippen LogP contribution in [0.5, 0.6) is 0 Å². The van der Waals surface area contributed by atoms with Crippen LogP contribution < -0.4 is 0 Å². The van der Waals surface area contributed by atoms with E-state index in [-0.39, 0.29) is 6.61 Å². The van der Waals surface area contributed by atoms with Crippen molar-refractivity contribution in [1.29, 1.82) is 0 Å². The van der Waals surface area contributed by atoms with E-state index in [4.69, 9.17) is 5.11 Å². The Morgan fingerprint density at radius 3 is 3.00 bits per heavy atom. The average Bonchev–Trinajstić information content (AvgIpc) is 3.10. The van der Waals surface area contributed by atoms with Gasteiger partial charge in [-0.1, -0.05) is 12.1 Å². The van der Waals surface area contributed by atoms with E-state index in [1.807, 2.05) is 29.6 Å². The summed E-state index contributed by atoms with van der Waals surface area (Å²) in [6.45, 7) is -0.0304. The summed E-state index contributed by atoms with van der Waals surface area (Å²) in [5.74, 6) is 0. The summed E-state index contributed by atoms with van der Waals surface area (Å²) >= 11 is 1.44. The number of rotatable bonds is 3. The number of nitrogens with zero attached hydrogens (tertiary/aromatic N) is 5. The summed E-state index contributed by atoms with van der Waals surface area (Å²) in [6.07, 6.45) is 1.54. The number of aliphatic hydroxyl groups is 1. The van der Waals surface area contributed by atoms with Crippen LogP contribution in [0.2, 0.25) is 0 Å². The third-order valence-corrected chi connectivity index (χ3v) is 3.28. The van der Waals surface area contributed by atoms with Crippen molar-refractivity contribution in [2.24, 2.45) is 0 Å². The fourth-order valence-electron chi connectivity index (χ4n) is 1.60. The minimum Gasteiger partial charge on any atom is -0.389 e. The summed E-state index contributed by atoms with van der Waals surface area (Å²) in [6, 6.07) is 7.75. The Labute approximate surface area is 107 Å². The van der Waals surface area contributed by atoms with Crippen LogP contribution in [0.1, 0.15) is 5.01 Å². The molecule has 0 saturated heterocycles. The molecule has 0 saturated carbocycles. The van der Waals surface area contributed by atoms with E-state index in [1.54, 1.807) is 11.0 Å². The van der Waals surface area contributed by atoms with Gasteiger partial charge in [-0.05, 0) is 22.6 Å². The second-order valence-electron chi connectivity index (χ2n) is 3.59. The van der Waals surface area contributed by atoms with Crippen LogP contribution in [0.15, 0.2) is 36.0 Å². The van der Waals surface area contributed by atoms with Gasteiger partial charge >= 0.3 is 0 Å². The van der Waals surface area contributed by atoms with Crippen LogP contribution in [0.3, 0.4) is 0 Å². The van der Waals surface area contributed by atoms with Crippen molar-refractivity contribution in [2.45, 2.75) is 6.61 Å². The van der Waals surface area contributed by atoms with Gasteiger partial charge in [-0.3, -0.25) is 0 Å². The van der Waals surface area contributed by atoms with Crippen LogP contribution in [0, 0.1) is 0 Å². The first-order valence-corrected chi connectivity index (χ1v) is 6.14. The van der Waals surface area contributed by atoms with Crippen molar-refractivity contribution in [3.05, 3.63) is 41.0 Å².